The van der Waals surface area contributed by atoms with Crippen molar-refractivity contribution in [1.82, 2.24) is 29.7 Å². The number of hydrogen-bond donors (Lipinski definition) is 1. The second-order valence-electron chi connectivity index (χ2n) is 10.2. The maximum atomic E-state index is 13.8. The van der Waals surface area contributed by atoms with Gasteiger partial charge in [0.05, 0.1) is 36.4 Å². The Morgan fingerprint density at radius 2 is 1.88 bits per heavy atom. The molecule has 2 aromatic carbocycles. The summed E-state index contributed by atoms with van der Waals surface area (Å²) in [5.41, 5.74) is 3.57. The van der Waals surface area contributed by atoms with E-state index in [0.717, 1.165) is 41.9 Å². The number of nitrogens with one attached hydrogen (secondary N) is 1. The fourth-order valence-corrected chi connectivity index (χ4v) is 4.56. The standard InChI is InChI=1S/C29H34F3N7O2/c1-18-10-11-21(14-26(18)39-17-25(35-36-39)23-16-33-38(5)19(23)2)28(40)34-24-15-22(29(30,31)32)13-20(27(24)41-6)9-7-8-12-37(3)4/h10-11,13-17H,7-9,12H2,1-6H3,(H,34,40). The van der Waals surface area contributed by atoms with Crippen LogP contribution in [0.3, 0.4) is 0 Å². The van der Waals surface area contributed by atoms with Gasteiger partial charge in [0.25, 0.3) is 5.91 Å². The van der Waals surface area contributed by atoms with Crippen molar-refractivity contribution in [2.24, 2.45) is 7.05 Å². The number of alkyl halides is 3. The van der Waals surface area contributed by atoms with Crippen LogP contribution in [-0.4, -0.2) is 63.3 Å². The minimum Gasteiger partial charge on any atom is -0.494 e. The number of methoxy groups -OCH3 is 1. The maximum absolute atomic E-state index is 13.8. The van der Waals surface area contributed by atoms with Crippen LogP contribution in [0, 0.1) is 13.8 Å². The number of hydrogen-bond acceptors (Lipinski definition) is 6. The number of anilines is 1. The summed E-state index contributed by atoms with van der Waals surface area (Å²) in [4.78, 5) is 15.4. The van der Waals surface area contributed by atoms with Crippen molar-refractivity contribution in [2.45, 2.75) is 39.3 Å². The van der Waals surface area contributed by atoms with Gasteiger partial charge in [0.2, 0.25) is 0 Å². The summed E-state index contributed by atoms with van der Waals surface area (Å²) in [5, 5.41) is 15.4. The molecule has 0 atom stereocenters. The van der Waals surface area contributed by atoms with E-state index in [1.54, 1.807) is 40.0 Å². The minimum absolute atomic E-state index is 0.0350. The largest absolute Gasteiger partial charge is 0.494 e. The molecular weight excluding hydrogens is 535 g/mol. The van der Waals surface area contributed by atoms with E-state index in [9.17, 15) is 18.0 Å². The predicted octanol–water partition coefficient (Wildman–Crippen LogP) is 5.45. The highest BCUT2D eigenvalue weighted by Gasteiger charge is 2.33. The predicted molar refractivity (Wildman–Crippen MR) is 150 cm³/mol. The fraction of sp³-hybridized carbons (Fsp3) is 0.379. The molecule has 4 rings (SSSR count). The third-order valence-electron chi connectivity index (χ3n) is 6.97. The molecule has 0 fully saturated rings. The summed E-state index contributed by atoms with van der Waals surface area (Å²) >= 11 is 0. The van der Waals surface area contributed by atoms with Gasteiger partial charge in [0.15, 0.2) is 0 Å². The summed E-state index contributed by atoms with van der Waals surface area (Å²) in [6.45, 7) is 4.61. The first-order valence-electron chi connectivity index (χ1n) is 13.2. The van der Waals surface area contributed by atoms with Gasteiger partial charge in [-0.15, -0.1) is 5.10 Å². The topological polar surface area (TPSA) is 90.1 Å². The van der Waals surface area contributed by atoms with Gasteiger partial charge in [-0.25, -0.2) is 4.68 Å². The molecule has 41 heavy (non-hydrogen) atoms. The average molecular weight is 570 g/mol. The molecule has 0 saturated heterocycles. The van der Waals surface area contributed by atoms with Crippen molar-refractivity contribution in [3.05, 3.63) is 70.7 Å². The maximum Gasteiger partial charge on any atom is 0.416 e. The molecule has 0 spiro atoms. The van der Waals surface area contributed by atoms with E-state index < -0.39 is 17.6 Å². The van der Waals surface area contributed by atoms with Crippen LogP contribution in [0.15, 0.2) is 42.7 Å². The smallest absolute Gasteiger partial charge is 0.416 e. The van der Waals surface area contributed by atoms with E-state index in [4.69, 9.17) is 4.74 Å². The number of ether oxygens (including phenoxy) is 1. The van der Waals surface area contributed by atoms with Crippen LogP contribution in [0.5, 0.6) is 5.75 Å². The van der Waals surface area contributed by atoms with Gasteiger partial charge >= 0.3 is 6.18 Å². The van der Waals surface area contributed by atoms with Gasteiger partial charge in [-0.1, -0.05) is 11.3 Å². The number of carbonyl (C=O) groups is 1. The number of amides is 1. The second-order valence-corrected chi connectivity index (χ2v) is 10.2. The Morgan fingerprint density at radius 1 is 1.12 bits per heavy atom. The Kier molecular flexibility index (Phi) is 8.81. The van der Waals surface area contributed by atoms with Gasteiger partial charge in [-0.2, -0.15) is 18.3 Å². The molecule has 0 radical (unpaired) electrons. The molecule has 0 bridgehead atoms. The fourth-order valence-electron chi connectivity index (χ4n) is 4.56. The summed E-state index contributed by atoms with van der Waals surface area (Å²) in [7, 11) is 7.11. The Morgan fingerprint density at radius 3 is 2.51 bits per heavy atom. The van der Waals surface area contributed by atoms with Crippen LogP contribution in [0.4, 0.5) is 18.9 Å². The lowest BCUT2D eigenvalue weighted by Gasteiger charge is -2.18. The number of nitrogens with zero attached hydrogens (tertiary/aromatic N) is 6. The molecule has 1 amide bonds. The number of rotatable bonds is 10. The molecule has 12 heteroatoms. The Bertz CT molecular complexity index is 1540. The Hall–Kier alpha value is -4.19. The number of benzene rings is 2. The molecule has 0 aliphatic carbocycles. The van der Waals surface area contributed by atoms with Crippen LogP contribution < -0.4 is 10.1 Å². The van der Waals surface area contributed by atoms with Gasteiger partial charge in [-0.3, -0.25) is 9.48 Å². The number of aromatic nitrogens is 5. The lowest BCUT2D eigenvalue weighted by molar-refractivity contribution is -0.137. The molecule has 2 heterocycles. The van der Waals surface area contributed by atoms with E-state index >= 15 is 0 Å². The molecule has 4 aromatic rings. The molecule has 0 unspecified atom stereocenters. The normalized spacial score (nSPS) is 11.8. The van der Waals surface area contributed by atoms with E-state index in [1.165, 1.54) is 7.11 Å². The lowest BCUT2D eigenvalue weighted by Crippen LogP contribution is -2.16. The molecule has 9 nitrogen and oxygen atoms in total. The van der Waals surface area contributed by atoms with E-state index in [1.807, 2.05) is 39.9 Å². The van der Waals surface area contributed by atoms with Gasteiger partial charge in [-0.05, 0) is 89.1 Å². The zero-order valence-electron chi connectivity index (χ0n) is 24.0. The van der Waals surface area contributed by atoms with E-state index in [2.05, 4.69) is 20.7 Å². The van der Waals surface area contributed by atoms with Gasteiger partial charge in [0, 0.05) is 23.9 Å². The van der Waals surface area contributed by atoms with Gasteiger partial charge < -0.3 is 15.0 Å². The lowest BCUT2D eigenvalue weighted by atomic mass is 10.0. The number of unbranched alkanes of at least 4 members (excludes halogenated alkanes) is 1. The number of carbonyl (C=O) groups excluding carboxylic acids is 1. The van der Waals surface area contributed by atoms with Crippen molar-refractivity contribution in [2.75, 3.05) is 33.1 Å². The highest BCUT2D eigenvalue weighted by molar-refractivity contribution is 6.05. The number of halogens is 3. The van der Waals surface area contributed by atoms with Crippen molar-refractivity contribution in [3.8, 4) is 22.7 Å². The monoisotopic (exact) mass is 569 g/mol. The Labute approximate surface area is 236 Å². The summed E-state index contributed by atoms with van der Waals surface area (Å²) in [6.07, 6.45) is 0.724. The van der Waals surface area contributed by atoms with Gasteiger partial charge in [0.1, 0.15) is 11.4 Å². The Balaban J connectivity index is 1.63. The summed E-state index contributed by atoms with van der Waals surface area (Å²) in [6, 6.07) is 7.00. The average Bonchev–Trinajstić information content (AvgIpc) is 3.52. The minimum atomic E-state index is -4.58. The van der Waals surface area contributed by atoms with Crippen molar-refractivity contribution >= 4 is 11.6 Å². The first-order chi connectivity index (χ1) is 19.4. The van der Waals surface area contributed by atoms with Crippen LogP contribution in [-0.2, 0) is 19.6 Å². The SMILES string of the molecule is COc1c(CCCCN(C)C)cc(C(F)(F)F)cc1NC(=O)c1ccc(C)c(-n2cc(-c3cnn(C)c3C)nn2)c1. The summed E-state index contributed by atoms with van der Waals surface area (Å²) in [5.74, 6) is -0.359. The molecule has 0 saturated carbocycles. The van der Waals surface area contributed by atoms with Crippen molar-refractivity contribution in [1.29, 1.82) is 0 Å². The first kappa shape index (κ1) is 29.8. The molecule has 0 aliphatic rings. The number of aryl methyl sites for hydroxylation is 3. The van der Waals surface area contributed by atoms with E-state index in [-0.39, 0.29) is 17.0 Å². The van der Waals surface area contributed by atoms with Crippen LogP contribution in [0.2, 0.25) is 0 Å². The highest BCUT2D eigenvalue weighted by atomic mass is 19.4. The molecule has 2 aromatic heterocycles. The highest BCUT2D eigenvalue weighted by Crippen LogP contribution is 2.39. The molecule has 1 N–H and O–H groups in total. The molecule has 218 valence electrons. The zero-order chi connectivity index (χ0) is 29.9. The first-order valence-corrected chi connectivity index (χ1v) is 13.2. The zero-order valence-corrected chi connectivity index (χ0v) is 24.0. The van der Waals surface area contributed by atoms with Crippen LogP contribution >= 0.6 is 0 Å². The van der Waals surface area contributed by atoms with E-state index in [0.29, 0.717) is 29.8 Å². The quantitative estimate of drug-likeness (QED) is 0.256. The third kappa shape index (κ3) is 6.76. The molecule has 0 aliphatic heterocycles. The third-order valence-corrected chi connectivity index (χ3v) is 6.97. The van der Waals surface area contributed by atoms with Crippen LogP contribution in [0.25, 0.3) is 16.9 Å². The summed E-state index contributed by atoms with van der Waals surface area (Å²) < 4.78 is 50.2. The van der Waals surface area contributed by atoms with Crippen LogP contribution in [0.1, 0.15) is 45.6 Å². The molecular formula is C29H34F3N7O2. The van der Waals surface area contributed by atoms with Crippen molar-refractivity contribution in [3.63, 3.8) is 0 Å². The van der Waals surface area contributed by atoms with Crippen molar-refractivity contribution < 1.29 is 22.7 Å². The second kappa shape index (κ2) is 12.1.